The zero-order chi connectivity index (χ0) is 13.7. The lowest BCUT2D eigenvalue weighted by Gasteiger charge is -2.13. The van der Waals surface area contributed by atoms with Crippen LogP contribution in [-0.4, -0.2) is 28.0 Å². The van der Waals surface area contributed by atoms with Crippen LogP contribution in [0.4, 0.5) is 0 Å². The molecule has 0 aliphatic carbocycles. The van der Waals surface area contributed by atoms with Crippen LogP contribution in [0.15, 0.2) is 5.38 Å². The minimum absolute atomic E-state index is 0.0667. The molecule has 1 heterocycles. The predicted molar refractivity (Wildman–Crippen MR) is 70.1 cm³/mol. The molecule has 6 heteroatoms. The molecule has 1 aromatic rings. The molecule has 0 fully saturated rings. The quantitative estimate of drug-likeness (QED) is 0.832. The first-order valence-corrected chi connectivity index (χ1v) is 6.77. The second-order valence-corrected chi connectivity index (χ2v) is 5.55. The van der Waals surface area contributed by atoms with Gasteiger partial charge in [-0.1, -0.05) is 13.8 Å². The minimum atomic E-state index is -1.11. The first-order valence-electron chi connectivity index (χ1n) is 5.89. The third kappa shape index (κ3) is 4.44. The Balaban J connectivity index is 2.51. The first-order chi connectivity index (χ1) is 8.40. The second kappa shape index (κ2) is 6.49. The topological polar surface area (TPSA) is 79.3 Å². The van der Waals surface area contributed by atoms with Gasteiger partial charge in [-0.15, -0.1) is 11.3 Å². The van der Waals surface area contributed by atoms with E-state index >= 15 is 0 Å². The van der Waals surface area contributed by atoms with Gasteiger partial charge in [-0.05, 0) is 25.7 Å². The van der Waals surface area contributed by atoms with E-state index in [1.54, 1.807) is 0 Å². The zero-order valence-corrected chi connectivity index (χ0v) is 11.6. The van der Waals surface area contributed by atoms with Crippen molar-refractivity contribution >= 4 is 23.2 Å². The highest BCUT2D eigenvalue weighted by molar-refractivity contribution is 7.11. The van der Waals surface area contributed by atoms with Crippen molar-refractivity contribution in [2.24, 2.45) is 5.92 Å². The van der Waals surface area contributed by atoms with Crippen LogP contribution in [0.1, 0.15) is 53.9 Å². The predicted octanol–water partition coefficient (Wildman–Crippen LogP) is 2.40. The normalized spacial score (nSPS) is 12.4. The molecule has 0 radical (unpaired) electrons. The molecule has 0 bridgehead atoms. The average Bonchev–Trinajstić information content (AvgIpc) is 2.75. The van der Waals surface area contributed by atoms with Gasteiger partial charge in [0.25, 0.3) is 5.91 Å². The second-order valence-electron chi connectivity index (χ2n) is 4.69. The van der Waals surface area contributed by atoms with Crippen LogP contribution in [0.25, 0.3) is 0 Å². The van der Waals surface area contributed by atoms with E-state index in [-0.39, 0.29) is 22.7 Å². The molecule has 0 saturated heterocycles. The first kappa shape index (κ1) is 14.6. The van der Waals surface area contributed by atoms with Gasteiger partial charge in [0.2, 0.25) is 0 Å². The fraction of sp³-hybridized carbons (Fsp3) is 0.583. The number of thiazole rings is 1. The van der Waals surface area contributed by atoms with Gasteiger partial charge in [0.1, 0.15) is 0 Å². The Morgan fingerprint density at radius 2 is 2.06 bits per heavy atom. The van der Waals surface area contributed by atoms with E-state index in [4.69, 9.17) is 5.11 Å². The molecule has 1 rings (SSSR count). The van der Waals surface area contributed by atoms with Crippen LogP contribution < -0.4 is 5.32 Å². The monoisotopic (exact) mass is 270 g/mol. The molecule has 1 atom stereocenters. The summed E-state index contributed by atoms with van der Waals surface area (Å²) in [5, 5.41) is 13.1. The summed E-state index contributed by atoms with van der Waals surface area (Å²) < 4.78 is 0. The summed E-state index contributed by atoms with van der Waals surface area (Å²) in [6.45, 7) is 6.20. The van der Waals surface area contributed by atoms with Gasteiger partial charge in [0.15, 0.2) is 10.7 Å². The van der Waals surface area contributed by atoms with Crippen molar-refractivity contribution in [2.45, 2.75) is 39.7 Å². The van der Waals surface area contributed by atoms with Gasteiger partial charge in [-0.2, -0.15) is 0 Å². The van der Waals surface area contributed by atoms with Crippen molar-refractivity contribution in [3.05, 3.63) is 16.1 Å². The highest BCUT2D eigenvalue weighted by atomic mass is 32.1. The Morgan fingerprint density at radius 3 is 2.56 bits per heavy atom. The molecule has 1 unspecified atom stereocenters. The highest BCUT2D eigenvalue weighted by Gasteiger charge is 2.16. The van der Waals surface area contributed by atoms with E-state index < -0.39 is 5.97 Å². The Morgan fingerprint density at radius 1 is 1.39 bits per heavy atom. The number of carboxylic acid groups (broad SMARTS) is 1. The summed E-state index contributed by atoms with van der Waals surface area (Å²) in [5.41, 5.74) is -0.0833. The summed E-state index contributed by atoms with van der Waals surface area (Å²) in [4.78, 5) is 26.2. The fourth-order valence-electron chi connectivity index (χ4n) is 1.42. The Bertz CT molecular complexity index is 429. The summed E-state index contributed by atoms with van der Waals surface area (Å²) in [6.07, 6.45) is 1.94. The maximum atomic E-state index is 11.8. The number of nitrogens with one attached hydrogen (secondary N) is 1. The van der Waals surface area contributed by atoms with Crippen molar-refractivity contribution in [3.8, 4) is 0 Å². The molecule has 0 saturated carbocycles. The summed E-state index contributed by atoms with van der Waals surface area (Å²) >= 11 is 1.05. The number of nitrogens with zero attached hydrogens (tertiary/aromatic N) is 1. The van der Waals surface area contributed by atoms with Crippen molar-refractivity contribution in [3.63, 3.8) is 0 Å². The third-order valence-corrected chi connectivity index (χ3v) is 3.31. The number of hydrogen-bond acceptors (Lipinski definition) is 4. The standard InChI is InChI=1S/C12H18N2O3S/c1-7(2)4-5-8(3)13-10(15)11-14-9(6-18-11)12(16)17/h6-8H,4-5H2,1-3H3,(H,13,15)(H,16,17). The van der Waals surface area contributed by atoms with Crippen LogP contribution in [0.5, 0.6) is 0 Å². The van der Waals surface area contributed by atoms with Gasteiger partial charge >= 0.3 is 5.97 Å². The van der Waals surface area contributed by atoms with Crippen LogP contribution in [-0.2, 0) is 0 Å². The van der Waals surface area contributed by atoms with E-state index in [9.17, 15) is 9.59 Å². The molecular weight excluding hydrogens is 252 g/mol. The van der Waals surface area contributed by atoms with E-state index in [1.165, 1.54) is 5.38 Å². The van der Waals surface area contributed by atoms with Crippen LogP contribution >= 0.6 is 11.3 Å². The van der Waals surface area contributed by atoms with E-state index in [0.717, 1.165) is 24.2 Å². The van der Waals surface area contributed by atoms with Crippen molar-refractivity contribution in [1.29, 1.82) is 0 Å². The maximum absolute atomic E-state index is 11.8. The van der Waals surface area contributed by atoms with Crippen LogP contribution in [0, 0.1) is 5.92 Å². The van der Waals surface area contributed by atoms with Crippen LogP contribution in [0.2, 0.25) is 0 Å². The molecule has 0 aliphatic rings. The number of aromatic nitrogens is 1. The number of carbonyl (C=O) groups is 2. The largest absolute Gasteiger partial charge is 0.476 e. The molecule has 18 heavy (non-hydrogen) atoms. The highest BCUT2D eigenvalue weighted by Crippen LogP contribution is 2.11. The molecule has 1 aromatic heterocycles. The Labute approximate surface area is 110 Å². The smallest absolute Gasteiger partial charge is 0.355 e. The molecule has 1 amide bonds. The molecular formula is C12H18N2O3S. The summed E-state index contributed by atoms with van der Waals surface area (Å²) in [5.74, 6) is -0.815. The van der Waals surface area contributed by atoms with Crippen molar-refractivity contribution in [1.82, 2.24) is 10.3 Å². The van der Waals surface area contributed by atoms with E-state index in [2.05, 4.69) is 24.1 Å². The Kier molecular flexibility index (Phi) is 5.27. The SMILES string of the molecule is CC(C)CCC(C)NC(=O)c1nc(C(=O)O)cs1. The van der Waals surface area contributed by atoms with Gasteiger partial charge in [0, 0.05) is 11.4 Å². The minimum Gasteiger partial charge on any atom is -0.476 e. The van der Waals surface area contributed by atoms with E-state index in [0.29, 0.717) is 5.92 Å². The molecule has 100 valence electrons. The molecule has 0 aliphatic heterocycles. The van der Waals surface area contributed by atoms with Crippen LogP contribution in [0.3, 0.4) is 0 Å². The molecule has 0 aromatic carbocycles. The van der Waals surface area contributed by atoms with E-state index in [1.807, 2.05) is 6.92 Å². The number of carbonyl (C=O) groups excluding carboxylic acids is 1. The fourth-order valence-corrected chi connectivity index (χ4v) is 2.11. The van der Waals surface area contributed by atoms with Gasteiger partial charge in [0.05, 0.1) is 0 Å². The molecule has 0 spiro atoms. The molecule has 5 nitrogen and oxygen atoms in total. The van der Waals surface area contributed by atoms with Gasteiger partial charge in [-0.25, -0.2) is 9.78 Å². The Hall–Kier alpha value is -1.43. The lowest BCUT2D eigenvalue weighted by molar-refractivity contribution is 0.0691. The average molecular weight is 270 g/mol. The molecule has 2 N–H and O–H groups in total. The van der Waals surface area contributed by atoms with Crippen molar-refractivity contribution in [2.75, 3.05) is 0 Å². The summed E-state index contributed by atoms with van der Waals surface area (Å²) in [6, 6.07) is 0.0667. The third-order valence-electron chi connectivity index (χ3n) is 2.47. The maximum Gasteiger partial charge on any atom is 0.355 e. The lowest BCUT2D eigenvalue weighted by Crippen LogP contribution is -2.32. The number of amides is 1. The number of aromatic carboxylic acids is 1. The van der Waals surface area contributed by atoms with Gasteiger partial charge < -0.3 is 10.4 Å². The summed E-state index contributed by atoms with van der Waals surface area (Å²) in [7, 11) is 0. The lowest BCUT2D eigenvalue weighted by atomic mass is 10.0. The number of rotatable bonds is 6. The van der Waals surface area contributed by atoms with Crippen molar-refractivity contribution < 1.29 is 14.7 Å². The number of hydrogen-bond donors (Lipinski definition) is 2. The zero-order valence-electron chi connectivity index (χ0n) is 10.8. The number of carboxylic acids is 1. The van der Waals surface area contributed by atoms with Gasteiger partial charge in [-0.3, -0.25) is 4.79 Å².